The molecule has 0 bridgehead atoms. The number of carbonyl (C=O) groups excluding carboxylic acids is 3. The van der Waals surface area contributed by atoms with Gasteiger partial charge >= 0.3 is 25.7 Å². The Morgan fingerprint density at radius 3 is 1.17 bits per heavy atom. The van der Waals surface area contributed by atoms with E-state index in [2.05, 4.69) is 99.8 Å². The van der Waals surface area contributed by atoms with Crippen molar-refractivity contribution < 1.29 is 52.2 Å². The van der Waals surface area contributed by atoms with Crippen LogP contribution < -0.4 is 0 Å². The first-order valence-electron chi connectivity index (χ1n) is 27.8. The summed E-state index contributed by atoms with van der Waals surface area (Å²) in [5.41, 5.74) is 0. The summed E-state index contributed by atoms with van der Waals surface area (Å²) in [5.74, 6) is -1.66. The van der Waals surface area contributed by atoms with Crippen LogP contribution in [0.1, 0.15) is 213 Å². The van der Waals surface area contributed by atoms with Gasteiger partial charge in [0, 0.05) is 19.3 Å². The largest absolute Gasteiger partial charge is 0.472 e. The SMILES string of the molecule is CC/C=C\C/C=C\C/C=C\C/C=C\CCC(=O)OC(CO)COP(=O)(O)OCC(COC(=O)CCCCCCCCCCC/C=C\CCCCCCCC)OC(=O)CC/C=C\C/C=C\C/C=C\C/C=C\CC. The molecule has 410 valence electrons. The number of hydrogen-bond donors (Lipinski definition) is 2. The molecular formula is C60H99O11P. The van der Waals surface area contributed by atoms with Gasteiger partial charge in [-0.3, -0.25) is 23.4 Å². The third kappa shape index (κ3) is 51.1. The molecule has 0 aliphatic heterocycles. The van der Waals surface area contributed by atoms with Gasteiger partial charge in [-0.25, -0.2) is 4.57 Å². The van der Waals surface area contributed by atoms with Crippen molar-refractivity contribution in [2.24, 2.45) is 0 Å². The Balaban J connectivity index is 4.82. The highest BCUT2D eigenvalue weighted by Crippen LogP contribution is 2.43. The second kappa shape index (κ2) is 53.4. The number of unbranched alkanes of at least 4 members (excludes halogenated alkanes) is 15. The molecule has 0 spiro atoms. The van der Waals surface area contributed by atoms with Gasteiger partial charge in [-0.1, -0.05) is 207 Å². The van der Waals surface area contributed by atoms with Gasteiger partial charge in [-0.2, -0.15) is 0 Å². The van der Waals surface area contributed by atoms with E-state index in [1.54, 1.807) is 0 Å². The van der Waals surface area contributed by atoms with Gasteiger partial charge < -0.3 is 24.2 Å². The molecule has 11 nitrogen and oxygen atoms in total. The number of rotatable bonds is 50. The van der Waals surface area contributed by atoms with Gasteiger partial charge in [0.2, 0.25) is 0 Å². The van der Waals surface area contributed by atoms with Crippen LogP contribution in [-0.4, -0.2) is 66.5 Å². The highest BCUT2D eigenvalue weighted by molar-refractivity contribution is 7.47. The van der Waals surface area contributed by atoms with Crippen LogP contribution in [0.5, 0.6) is 0 Å². The first-order valence-corrected chi connectivity index (χ1v) is 29.3. The number of carbonyl (C=O) groups is 3. The van der Waals surface area contributed by atoms with Crippen molar-refractivity contribution in [2.75, 3.05) is 26.4 Å². The number of phosphoric ester groups is 1. The minimum atomic E-state index is -4.79. The summed E-state index contributed by atoms with van der Waals surface area (Å²) in [7, 11) is -4.79. The van der Waals surface area contributed by atoms with E-state index in [1.165, 1.54) is 83.5 Å². The van der Waals surface area contributed by atoms with Gasteiger partial charge in [0.15, 0.2) is 6.10 Å². The minimum absolute atomic E-state index is 0.0362. The fourth-order valence-corrected chi connectivity index (χ4v) is 7.81. The molecule has 0 aromatic heterocycles. The van der Waals surface area contributed by atoms with Gasteiger partial charge in [0.1, 0.15) is 12.7 Å². The number of aliphatic hydroxyl groups is 1. The third-order valence-electron chi connectivity index (χ3n) is 11.2. The molecule has 72 heavy (non-hydrogen) atoms. The van der Waals surface area contributed by atoms with Crippen molar-refractivity contribution in [3.8, 4) is 0 Å². The third-order valence-corrected chi connectivity index (χ3v) is 12.1. The molecule has 0 aromatic carbocycles. The lowest BCUT2D eigenvalue weighted by atomic mass is 10.1. The van der Waals surface area contributed by atoms with Crippen LogP contribution in [0.25, 0.3) is 0 Å². The zero-order valence-electron chi connectivity index (χ0n) is 45.1. The Kier molecular flexibility index (Phi) is 50.6. The number of hydrogen-bond acceptors (Lipinski definition) is 10. The molecule has 0 radical (unpaired) electrons. The Morgan fingerprint density at radius 2 is 0.750 bits per heavy atom. The van der Waals surface area contributed by atoms with Crippen LogP contribution in [0, 0.1) is 0 Å². The van der Waals surface area contributed by atoms with Crippen LogP contribution in [0.2, 0.25) is 0 Å². The van der Waals surface area contributed by atoms with E-state index >= 15 is 0 Å². The molecule has 0 aliphatic rings. The number of esters is 3. The monoisotopic (exact) mass is 1030 g/mol. The Labute approximate surface area is 437 Å². The molecule has 12 heteroatoms. The zero-order chi connectivity index (χ0) is 52.7. The van der Waals surface area contributed by atoms with Crippen LogP contribution in [0.4, 0.5) is 0 Å². The Bertz CT molecular complexity index is 1620. The molecule has 0 heterocycles. The number of allylic oxidation sites excluding steroid dienone is 18. The zero-order valence-corrected chi connectivity index (χ0v) is 46.0. The fourth-order valence-electron chi connectivity index (χ4n) is 7.02. The lowest BCUT2D eigenvalue weighted by Crippen LogP contribution is -2.30. The lowest BCUT2D eigenvalue weighted by molar-refractivity contribution is -0.161. The molecule has 3 atom stereocenters. The molecule has 3 unspecified atom stereocenters. The first kappa shape index (κ1) is 68.1. The normalized spacial score (nSPS) is 14.2. The topological polar surface area (TPSA) is 155 Å². The summed E-state index contributed by atoms with van der Waals surface area (Å²) in [6.07, 6.45) is 63.8. The molecule has 0 saturated heterocycles. The van der Waals surface area contributed by atoms with Crippen LogP contribution >= 0.6 is 7.82 Å². The predicted octanol–water partition coefficient (Wildman–Crippen LogP) is 16.2. The molecular weight excluding hydrogens is 928 g/mol. The molecule has 0 fully saturated rings. The summed E-state index contributed by atoms with van der Waals surface area (Å²) < 4.78 is 39.2. The van der Waals surface area contributed by atoms with Crippen LogP contribution in [-0.2, 0) is 42.2 Å². The first-order chi connectivity index (χ1) is 35.2. The maximum Gasteiger partial charge on any atom is 0.472 e. The molecule has 0 rings (SSSR count). The molecule has 0 aromatic rings. The summed E-state index contributed by atoms with van der Waals surface area (Å²) in [5, 5.41) is 9.77. The van der Waals surface area contributed by atoms with Gasteiger partial charge in [0.05, 0.1) is 19.8 Å². The van der Waals surface area contributed by atoms with Crippen molar-refractivity contribution in [2.45, 2.75) is 226 Å². The molecule has 0 amide bonds. The van der Waals surface area contributed by atoms with Crippen molar-refractivity contribution in [1.29, 1.82) is 0 Å². The van der Waals surface area contributed by atoms with Crippen molar-refractivity contribution >= 4 is 25.7 Å². The van der Waals surface area contributed by atoms with Crippen molar-refractivity contribution in [3.05, 3.63) is 109 Å². The fraction of sp³-hybridized carbons (Fsp3) is 0.650. The van der Waals surface area contributed by atoms with E-state index in [4.69, 9.17) is 23.3 Å². The van der Waals surface area contributed by atoms with E-state index in [0.717, 1.165) is 70.6 Å². The van der Waals surface area contributed by atoms with Gasteiger partial charge in [-0.05, 0) is 96.3 Å². The summed E-state index contributed by atoms with van der Waals surface area (Å²) >= 11 is 0. The second-order valence-electron chi connectivity index (χ2n) is 18.0. The average Bonchev–Trinajstić information content (AvgIpc) is 3.37. The van der Waals surface area contributed by atoms with Crippen molar-refractivity contribution in [3.63, 3.8) is 0 Å². The molecule has 0 saturated carbocycles. The number of ether oxygens (including phenoxy) is 3. The lowest BCUT2D eigenvalue weighted by Gasteiger charge is -2.21. The maximum absolute atomic E-state index is 12.9. The van der Waals surface area contributed by atoms with E-state index < -0.39 is 57.8 Å². The van der Waals surface area contributed by atoms with E-state index in [9.17, 15) is 28.9 Å². The van der Waals surface area contributed by atoms with Gasteiger partial charge in [0.25, 0.3) is 0 Å². The van der Waals surface area contributed by atoms with E-state index in [-0.39, 0.29) is 25.9 Å². The van der Waals surface area contributed by atoms with Crippen LogP contribution in [0.15, 0.2) is 109 Å². The predicted molar refractivity (Wildman–Crippen MR) is 297 cm³/mol. The second-order valence-corrected chi connectivity index (χ2v) is 19.4. The molecule has 0 aliphatic carbocycles. The number of phosphoric acid groups is 1. The molecule has 2 N–H and O–H groups in total. The van der Waals surface area contributed by atoms with Crippen LogP contribution in [0.3, 0.4) is 0 Å². The quantitative estimate of drug-likeness (QED) is 0.0197. The Hall–Kier alpha value is -3.86. The van der Waals surface area contributed by atoms with Gasteiger partial charge in [-0.15, -0.1) is 0 Å². The van der Waals surface area contributed by atoms with Crippen molar-refractivity contribution in [1.82, 2.24) is 0 Å². The summed E-state index contributed by atoms with van der Waals surface area (Å²) in [6, 6.07) is 0. The summed E-state index contributed by atoms with van der Waals surface area (Å²) in [6.45, 7) is 4.22. The average molecular weight is 1030 g/mol. The highest BCUT2D eigenvalue weighted by atomic mass is 31.2. The smallest absolute Gasteiger partial charge is 0.462 e. The highest BCUT2D eigenvalue weighted by Gasteiger charge is 2.28. The standard InChI is InChI=1S/C60H99O11P/c1-4-7-10-13-16-19-22-25-26-27-28-29-30-33-34-37-40-43-46-49-58(62)67-53-57(71-60(64)51-48-45-42-39-36-32-24-21-18-15-12-9-6-3)55-69-72(65,66)68-54-56(52-61)70-59(63)50-47-44-41-38-35-31-23-20-17-14-11-8-5-2/h8-9,11-12,17-18,20-21,25-26,31-32,35-36,41-42,44-45,56-57,61H,4-7,10,13-16,19,22-24,27-30,33-34,37-40,43,46-55H2,1-3H3,(H,65,66)/b11-8-,12-9-,20-17-,21-18-,26-25-,35-31-,36-32-,44-41-,45-42-. The Morgan fingerprint density at radius 1 is 0.403 bits per heavy atom. The van der Waals surface area contributed by atoms with E-state index in [1.807, 2.05) is 30.4 Å². The minimum Gasteiger partial charge on any atom is -0.462 e. The number of aliphatic hydroxyl groups excluding tert-OH is 1. The summed E-state index contributed by atoms with van der Waals surface area (Å²) in [4.78, 5) is 48.3. The maximum atomic E-state index is 12.9. The van der Waals surface area contributed by atoms with E-state index in [0.29, 0.717) is 19.3 Å².